The topological polar surface area (TPSA) is 9.72 Å². The predicted molar refractivity (Wildman–Crippen MR) is 99.7 cm³/mol. The van der Waals surface area contributed by atoms with Crippen LogP contribution in [0.1, 0.15) is 48.0 Å². The van der Waals surface area contributed by atoms with Crippen molar-refractivity contribution in [2.75, 3.05) is 39.3 Å². The monoisotopic (exact) mass is 502 g/mol. The molecule has 1 rings (SSSR count). The molecule has 0 fully saturated rings. The molecular formula is C17H35F3GeN3Zr. The van der Waals surface area contributed by atoms with Crippen molar-refractivity contribution < 1.29 is 27.6 Å². The average molecular weight is 502 g/mol. The molecule has 0 N–H and O–H groups in total. The van der Waals surface area contributed by atoms with Crippen molar-refractivity contribution in [3.05, 3.63) is 21.5 Å². The molecular weight excluding hydrogens is 467 g/mol. The summed E-state index contributed by atoms with van der Waals surface area (Å²) < 4.78 is 53.3. The molecule has 147 valence electrons. The molecule has 0 saturated carbocycles. The number of halogens is 3. The zero-order valence-corrected chi connectivity index (χ0v) is 21.2. The molecule has 0 radical (unpaired) electrons. The van der Waals surface area contributed by atoms with Crippen LogP contribution in [-0.2, 0) is 17.1 Å². The molecule has 0 saturated heterocycles. The Morgan fingerprint density at radius 1 is 0.800 bits per heavy atom. The third-order valence-electron chi connectivity index (χ3n) is 5.97. The maximum absolute atomic E-state index is 15.6. The molecule has 0 aliphatic heterocycles. The predicted octanol–water partition coefficient (Wildman–Crippen LogP) is 4.63. The van der Waals surface area contributed by atoms with Gasteiger partial charge in [0.15, 0.2) is 0 Å². The summed E-state index contributed by atoms with van der Waals surface area (Å²) in [7, 11) is -6.72. The third-order valence-corrected chi connectivity index (χ3v) is 54.6. The van der Waals surface area contributed by atoms with Crippen molar-refractivity contribution in [2.24, 2.45) is 0 Å². The van der Waals surface area contributed by atoms with Gasteiger partial charge in [-0.15, -0.1) is 0 Å². The van der Waals surface area contributed by atoms with Gasteiger partial charge in [-0.1, -0.05) is 0 Å². The Morgan fingerprint density at radius 2 is 1.16 bits per heavy atom. The summed E-state index contributed by atoms with van der Waals surface area (Å²) in [6.07, 6.45) is 6.03. The molecule has 3 nitrogen and oxygen atoms in total. The molecule has 8 heteroatoms. The van der Waals surface area contributed by atoms with E-state index in [9.17, 15) is 0 Å². The van der Waals surface area contributed by atoms with Crippen LogP contribution in [0.5, 0.6) is 0 Å². The fourth-order valence-corrected chi connectivity index (χ4v) is 57.7. The summed E-state index contributed by atoms with van der Waals surface area (Å²) in [5, 5.41) is 0. The summed E-state index contributed by atoms with van der Waals surface area (Å²) >= 11 is -5.79. The molecule has 0 bridgehead atoms. The van der Waals surface area contributed by atoms with Gasteiger partial charge >= 0.3 is 156 Å². The second-order valence-corrected chi connectivity index (χ2v) is 38.8. The van der Waals surface area contributed by atoms with Gasteiger partial charge in [0.05, 0.1) is 0 Å². The van der Waals surface area contributed by atoms with Crippen LogP contribution < -0.4 is 0 Å². The van der Waals surface area contributed by atoms with Crippen molar-refractivity contribution in [1.82, 2.24) is 8.53 Å². The fraction of sp³-hybridized carbons (Fsp3) is 0.765. The van der Waals surface area contributed by atoms with E-state index in [0.29, 0.717) is 49.0 Å². The number of nitrogens with zero attached hydrogens (tertiary/aromatic N) is 3. The number of hydrogen-bond donors (Lipinski definition) is 0. The van der Waals surface area contributed by atoms with Gasteiger partial charge in [-0.25, -0.2) is 0 Å². The van der Waals surface area contributed by atoms with E-state index in [1.54, 1.807) is 0 Å². The zero-order valence-electron chi connectivity index (χ0n) is 16.7. The van der Waals surface area contributed by atoms with E-state index in [4.69, 9.17) is 0 Å². The van der Waals surface area contributed by atoms with E-state index in [1.807, 2.05) is 68.3 Å². The van der Waals surface area contributed by atoms with Gasteiger partial charge in [0, 0.05) is 0 Å². The summed E-state index contributed by atoms with van der Waals surface area (Å²) in [4.78, 5) is 0. The van der Waals surface area contributed by atoms with Crippen LogP contribution in [0.2, 0.25) is 0 Å². The molecule has 0 unspecified atom stereocenters. The van der Waals surface area contributed by atoms with E-state index in [0.717, 1.165) is 0 Å². The van der Waals surface area contributed by atoms with E-state index in [-0.39, 0.29) is 0 Å². The Morgan fingerprint density at radius 3 is 1.36 bits per heavy atom. The Balaban J connectivity index is 4.11. The molecule has 0 spiro atoms. The molecule has 0 heterocycles. The van der Waals surface area contributed by atoms with Gasteiger partial charge in [-0.3, -0.25) is 0 Å². The quantitative estimate of drug-likeness (QED) is 0.382. The average Bonchev–Trinajstić information content (AvgIpc) is 3.11. The van der Waals surface area contributed by atoms with Crippen molar-refractivity contribution in [2.45, 2.75) is 48.0 Å². The van der Waals surface area contributed by atoms with Gasteiger partial charge in [-0.2, -0.15) is 0 Å². The van der Waals surface area contributed by atoms with E-state index < -0.39 is 28.0 Å². The SMILES string of the molecule is CC[N](CC)[Zr]([C]1=CC=CC1)([N](CC)CC)([N](CC)CC)[Ge]([F])([F])[F]. The first-order chi connectivity index (χ1) is 11.8. The van der Waals surface area contributed by atoms with Crippen molar-refractivity contribution in [1.29, 1.82) is 0 Å². The molecule has 25 heavy (non-hydrogen) atoms. The first kappa shape index (κ1) is 23.6. The van der Waals surface area contributed by atoms with Crippen molar-refractivity contribution in [3.8, 4) is 0 Å². The molecule has 0 aromatic carbocycles. The second kappa shape index (κ2) is 9.18. The normalized spacial score (nSPS) is 17.4. The summed E-state index contributed by atoms with van der Waals surface area (Å²) in [6.45, 7) is 14.2. The standard InChI is InChI=1S/C5H5.3C4H10N.F3Ge.Zr/c1-2-4-5-3-1;3*1-3-5-4-2;1-4(2)3;/h1-3H,4H2;3*3-4H2,1-2H3;;/q;3*-1;;+3. The minimum absolute atomic E-state index is 0.455. The van der Waals surface area contributed by atoms with Crippen LogP contribution in [0.3, 0.4) is 0 Å². The maximum atomic E-state index is 15.6. The van der Waals surface area contributed by atoms with Crippen LogP contribution in [0.15, 0.2) is 21.5 Å². The fourth-order valence-electron chi connectivity index (χ4n) is 5.19. The molecule has 1 aliphatic carbocycles. The van der Waals surface area contributed by atoms with Crippen LogP contribution in [0, 0.1) is 0 Å². The Hall–Kier alpha value is 0.576. The number of allylic oxidation sites excluding steroid dienone is 4. The summed E-state index contributed by atoms with van der Waals surface area (Å²) in [5.41, 5.74) is 0. The molecule has 0 aromatic rings. The summed E-state index contributed by atoms with van der Waals surface area (Å²) in [6, 6.07) is 0. The molecule has 1 aliphatic rings. The van der Waals surface area contributed by atoms with Crippen molar-refractivity contribution in [3.63, 3.8) is 0 Å². The van der Waals surface area contributed by atoms with E-state index >= 15 is 10.5 Å². The Bertz CT molecular complexity index is 462. The van der Waals surface area contributed by atoms with Crippen LogP contribution >= 0.6 is 0 Å². The Labute approximate surface area is 155 Å². The zero-order chi connectivity index (χ0) is 19.3. The van der Waals surface area contributed by atoms with Crippen molar-refractivity contribution >= 4 is 10.9 Å². The summed E-state index contributed by atoms with van der Waals surface area (Å²) in [5.74, 6) is 0. The van der Waals surface area contributed by atoms with E-state index in [2.05, 4.69) is 0 Å². The van der Waals surface area contributed by atoms with Gasteiger partial charge < -0.3 is 0 Å². The third kappa shape index (κ3) is 3.10. The second-order valence-electron chi connectivity index (χ2n) is 6.43. The first-order valence-corrected chi connectivity index (χ1v) is 23.9. The molecule has 0 amide bonds. The van der Waals surface area contributed by atoms with Gasteiger partial charge in [0.25, 0.3) is 0 Å². The van der Waals surface area contributed by atoms with Gasteiger partial charge in [0.1, 0.15) is 0 Å². The number of hydrogen-bond acceptors (Lipinski definition) is 3. The van der Waals surface area contributed by atoms with Crippen LogP contribution in [-0.4, -0.2) is 58.7 Å². The number of rotatable bonds is 11. The van der Waals surface area contributed by atoms with Crippen LogP contribution in [0.4, 0.5) is 10.5 Å². The Kier molecular flexibility index (Phi) is 8.67. The molecule has 0 aromatic heterocycles. The van der Waals surface area contributed by atoms with E-state index in [1.165, 1.54) is 0 Å². The minimum atomic E-state index is -6.72. The van der Waals surface area contributed by atoms with Crippen LogP contribution in [0.25, 0.3) is 0 Å². The van der Waals surface area contributed by atoms with Gasteiger partial charge in [0.2, 0.25) is 0 Å². The van der Waals surface area contributed by atoms with Gasteiger partial charge in [-0.05, 0) is 0 Å². The molecule has 0 atom stereocenters. The first-order valence-electron chi connectivity index (χ1n) is 9.59.